The van der Waals surface area contributed by atoms with E-state index in [9.17, 15) is 18.0 Å². The summed E-state index contributed by atoms with van der Waals surface area (Å²) in [6.45, 7) is 7.90. The van der Waals surface area contributed by atoms with E-state index in [0.29, 0.717) is 11.4 Å². The summed E-state index contributed by atoms with van der Waals surface area (Å²) >= 11 is 12.3. The zero-order valence-electron chi connectivity index (χ0n) is 21.4. The molecule has 0 aliphatic heterocycles. The second kappa shape index (κ2) is 13.3. The van der Waals surface area contributed by atoms with Crippen LogP contribution in [0.2, 0.25) is 10.0 Å². The highest BCUT2D eigenvalue weighted by atomic mass is 35.5. The number of aryl methyl sites for hydroxylation is 1. The van der Waals surface area contributed by atoms with Gasteiger partial charge in [-0.2, -0.15) is 0 Å². The van der Waals surface area contributed by atoms with Crippen molar-refractivity contribution < 1.29 is 18.0 Å². The predicted octanol–water partition coefficient (Wildman–Crippen LogP) is 5.18. The molecule has 7 nitrogen and oxygen atoms in total. The highest BCUT2D eigenvalue weighted by Crippen LogP contribution is 2.31. The number of hydrogen-bond donors (Lipinski definition) is 1. The number of carbonyl (C=O) groups excluding carboxylic acids is 2. The van der Waals surface area contributed by atoms with Crippen molar-refractivity contribution in [2.45, 2.75) is 65.6 Å². The third kappa shape index (κ3) is 8.39. The minimum absolute atomic E-state index is 0.0395. The van der Waals surface area contributed by atoms with Crippen molar-refractivity contribution in [1.29, 1.82) is 0 Å². The summed E-state index contributed by atoms with van der Waals surface area (Å²) < 4.78 is 26.2. The summed E-state index contributed by atoms with van der Waals surface area (Å²) in [6, 6.07) is 11.6. The third-order valence-electron chi connectivity index (χ3n) is 5.75. The Bertz CT molecular complexity index is 1170. The van der Waals surface area contributed by atoms with Gasteiger partial charge in [-0.3, -0.25) is 13.9 Å². The van der Waals surface area contributed by atoms with Gasteiger partial charge in [-0.05, 0) is 62.9 Å². The second-order valence-electron chi connectivity index (χ2n) is 9.07. The molecular formula is C26H35Cl2N3O4S. The summed E-state index contributed by atoms with van der Waals surface area (Å²) in [5, 5.41) is 3.51. The Balaban J connectivity index is 2.26. The normalized spacial score (nSPS) is 12.3. The maximum absolute atomic E-state index is 13.5. The van der Waals surface area contributed by atoms with Crippen molar-refractivity contribution in [3.05, 3.63) is 63.6 Å². The van der Waals surface area contributed by atoms with Crippen LogP contribution in [0, 0.1) is 6.92 Å². The van der Waals surface area contributed by atoms with Crippen molar-refractivity contribution in [2.24, 2.45) is 0 Å². The lowest BCUT2D eigenvalue weighted by molar-refractivity contribution is -0.141. The van der Waals surface area contributed by atoms with Crippen LogP contribution in [-0.4, -0.2) is 50.0 Å². The fourth-order valence-corrected chi connectivity index (χ4v) is 5.34. The van der Waals surface area contributed by atoms with E-state index in [-0.39, 0.29) is 54.5 Å². The summed E-state index contributed by atoms with van der Waals surface area (Å²) in [7, 11) is -3.68. The van der Waals surface area contributed by atoms with Crippen molar-refractivity contribution in [3.63, 3.8) is 0 Å². The van der Waals surface area contributed by atoms with E-state index in [0.717, 1.165) is 21.7 Å². The quantitative estimate of drug-likeness (QED) is 0.391. The van der Waals surface area contributed by atoms with E-state index < -0.39 is 16.1 Å². The first-order valence-electron chi connectivity index (χ1n) is 11.9. The van der Waals surface area contributed by atoms with E-state index in [2.05, 4.69) is 5.32 Å². The van der Waals surface area contributed by atoms with Gasteiger partial charge in [0, 0.05) is 30.6 Å². The molecule has 36 heavy (non-hydrogen) atoms. The molecule has 2 rings (SSSR count). The molecule has 10 heteroatoms. The monoisotopic (exact) mass is 555 g/mol. The van der Waals surface area contributed by atoms with E-state index in [4.69, 9.17) is 23.2 Å². The number of hydrogen-bond acceptors (Lipinski definition) is 4. The predicted molar refractivity (Wildman–Crippen MR) is 147 cm³/mol. The largest absolute Gasteiger partial charge is 0.352 e. The van der Waals surface area contributed by atoms with Crippen molar-refractivity contribution in [1.82, 2.24) is 10.2 Å². The van der Waals surface area contributed by atoms with Crippen LogP contribution in [0.15, 0.2) is 42.5 Å². The smallest absolute Gasteiger partial charge is 0.243 e. The zero-order valence-corrected chi connectivity index (χ0v) is 23.8. The number of benzene rings is 2. The van der Waals surface area contributed by atoms with Gasteiger partial charge in [-0.15, -0.1) is 0 Å². The van der Waals surface area contributed by atoms with Gasteiger partial charge in [0.15, 0.2) is 0 Å². The van der Waals surface area contributed by atoms with Crippen LogP contribution in [0.4, 0.5) is 5.69 Å². The molecule has 0 aliphatic rings. The molecule has 0 saturated heterocycles. The Morgan fingerprint density at radius 2 is 1.75 bits per heavy atom. The molecule has 2 aromatic rings. The summed E-state index contributed by atoms with van der Waals surface area (Å²) in [5.74, 6) is -0.437. The number of carbonyl (C=O) groups is 2. The zero-order chi connectivity index (χ0) is 27.0. The summed E-state index contributed by atoms with van der Waals surface area (Å²) in [5.41, 5.74) is 2.23. The van der Waals surface area contributed by atoms with Crippen LogP contribution in [-0.2, 0) is 26.2 Å². The summed E-state index contributed by atoms with van der Waals surface area (Å²) in [4.78, 5) is 28.0. The molecule has 1 atom stereocenters. The lowest BCUT2D eigenvalue weighted by atomic mass is 10.0. The molecular weight excluding hydrogens is 521 g/mol. The minimum atomic E-state index is -3.68. The Kier molecular flexibility index (Phi) is 11.1. The van der Waals surface area contributed by atoms with Crippen molar-refractivity contribution in [3.8, 4) is 0 Å². The molecule has 0 aromatic heterocycles. The van der Waals surface area contributed by atoms with Crippen LogP contribution >= 0.6 is 23.2 Å². The average molecular weight is 557 g/mol. The van der Waals surface area contributed by atoms with Gasteiger partial charge in [0.05, 0.1) is 17.0 Å². The Labute approximate surface area is 224 Å². The van der Waals surface area contributed by atoms with Crippen LogP contribution in [0.3, 0.4) is 0 Å². The Hall–Kier alpha value is -2.29. The molecule has 0 heterocycles. The van der Waals surface area contributed by atoms with Gasteiger partial charge in [-0.25, -0.2) is 8.42 Å². The van der Waals surface area contributed by atoms with Gasteiger partial charge in [-0.1, -0.05) is 54.4 Å². The molecule has 1 N–H and O–H groups in total. The lowest BCUT2D eigenvalue weighted by Gasteiger charge is -2.32. The van der Waals surface area contributed by atoms with E-state index >= 15 is 0 Å². The lowest BCUT2D eigenvalue weighted by Crippen LogP contribution is -2.50. The molecule has 0 saturated carbocycles. The van der Waals surface area contributed by atoms with E-state index in [1.807, 2.05) is 52.0 Å². The van der Waals surface area contributed by atoms with E-state index in [1.54, 1.807) is 11.0 Å². The second-order valence-corrected chi connectivity index (χ2v) is 11.8. The van der Waals surface area contributed by atoms with Crippen LogP contribution in [0.5, 0.6) is 0 Å². The molecule has 0 radical (unpaired) electrons. The standard InChI is InChI=1S/C26H35Cl2N3O4S/c1-6-23(26(33)29-18(2)3)30(17-20-11-8-7-10-19(20)4)25(32)12-9-15-31(36(5,34)35)24-16-21(27)13-14-22(24)28/h7-8,10-11,13-14,16,18,23H,6,9,12,15,17H2,1-5H3,(H,29,33)/t23-/m0/s1. The maximum atomic E-state index is 13.5. The van der Waals surface area contributed by atoms with Gasteiger partial charge in [0.25, 0.3) is 0 Å². The number of nitrogens with one attached hydrogen (secondary N) is 1. The maximum Gasteiger partial charge on any atom is 0.243 e. The molecule has 0 unspecified atom stereocenters. The van der Waals surface area contributed by atoms with Crippen molar-refractivity contribution in [2.75, 3.05) is 17.1 Å². The topological polar surface area (TPSA) is 86.8 Å². The first-order chi connectivity index (χ1) is 16.8. The number of nitrogens with zero attached hydrogens (tertiary/aromatic N) is 2. The average Bonchev–Trinajstić information content (AvgIpc) is 2.78. The summed E-state index contributed by atoms with van der Waals surface area (Å²) in [6.07, 6.45) is 1.83. The molecule has 2 aromatic carbocycles. The van der Waals surface area contributed by atoms with Crippen molar-refractivity contribution >= 4 is 50.7 Å². The van der Waals surface area contributed by atoms with Crippen LogP contribution in [0.1, 0.15) is 51.2 Å². The number of anilines is 1. The van der Waals surface area contributed by atoms with Crippen LogP contribution < -0.4 is 9.62 Å². The molecule has 0 fully saturated rings. The fourth-order valence-electron chi connectivity index (χ4n) is 3.93. The Morgan fingerprint density at radius 3 is 2.33 bits per heavy atom. The van der Waals surface area contributed by atoms with Gasteiger partial charge >= 0.3 is 0 Å². The Morgan fingerprint density at radius 1 is 1.08 bits per heavy atom. The minimum Gasteiger partial charge on any atom is -0.352 e. The SMILES string of the molecule is CC[C@@H](C(=O)NC(C)C)N(Cc1ccccc1C)C(=O)CCCN(c1cc(Cl)ccc1Cl)S(C)(=O)=O. The number of sulfonamides is 1. The first-order valence-corrected chi connectivity index (χ1v) is 14.5. The molecule has 198 valence electrons. The fraction of sp³-hybridized carbons (Fsp3) is 0.462. The van der Waals surface area contributed by atoms with Gasteiger partial charge in [0.1, 0.15) is 6.04 Å². The van der Waals surface area contributed by atoms with Gasteiger partial charge < -0.3 is 10.2 Å². The molecule has 0 aliphatic carbocycles. The molecule has 0 spiro atoms. The molecule has 2 amide bonds. The third-order valence-corrected chi connectivity index (χ3v) is 7.48. The highest BCUT2D eigenvalue weighted by molar-refractivity contribution is 7.92. The first kappa shape index (κ1) is 29.9. The number of rotatable bonds is 12. The number of amides is 2. The number of halogens is 2. The van der Waals surface area contributed by atoms with E-state index in [1.165, 1.54) is 12.1 Å². The highest BCUT2D eigenvalue weighted by Gasteiger charge is 2.29. The molecule has 0 bridgehead atoms. The van der Waals surface area contributed by atoms with Gasteiger partial charge in [0.2, 0.25) is 21.8 Å². The van der Waals surface area contributed by atoms with Crippen LogP contribution in [0.25, 0.3) is 0 Å².